The Morgan fingerprint density at radius 2 is 2.37 bits per heavy atom. The molecule has 1 aromatic rings. The maximum atomic E-state index is 10.6. The van der Waals surface area contributed by atoms with Crippen LogP contribution >= 0.6 is 11.6 Å². The fourth-order valence-electron chi connectivity index (χ4n) is 2.25. The Labute approximate surface area is 117 Å². The smallest absolute Gasteiger partial charge is 0.288 e. The van der Waals surface area contributed by atoms with E-state index in [1.54, 1.807) is 6.07 Å². The van der Waals surface area contributed by atoms with Crippen LogP contribution in [0.3, 0.4) is 0 Å². The van der Waals surface area contributed by atoms with Crippen LogP contribution in [0.4, 0.5) is 5.69 Å². The number of nitro benzene ring substituents is 1. The van der Waals surface area contributed by atoms with Crippen LogP contribution in [0.1, 0.15) is 25.7 Å². The van der Waals surface area contributed by atoms with Gasteiger partial charge in [0.2, 0.25) is 0 Å². The molecule has 0 radical (unpaired) electrons. The van der Waals surface area contributed by atoms with Gasteiger partial charge in [0.25, 0.3) is 5.69 Å². The average Bonchev–Trinajstić information content (AvgIpc) is 2.87. The summed E-state index contributed by atoms with van der Waals surface area (Å²) in [6.07, 6.45) is 4.56. The minimum Gasteiger partial charge on any atom is -0.494 e. The minimum absolute atomic E-state index is 0.0934. The largest absolute Gasteiger partial charge is 0.494 e. The molecule has 0 spiro atoms. The number of halogens is 1. The second-order valence-electron chi connectivity index (χ2n) is 4.65. The Bertz CT molecular complexity index is 448. The summed E-state index contributed by atoms with van der Waals surface area (Å²) in [5.74, 6) is 0.579. The summed E-state index contributed by atoms with van der Waals surface area (Å²) in [7, 11) is 0. The topological polar surface area (TPSA) is 64.4 Å². The predicted molar refractivity (Wildman–Crippen MR) is 73.9 cm³/mol. The highest BCUT2D eigenvalue weighted by molar-refractivity contribution is 6.32. The Morgan fingerprint density at radius 3 is 3.00 bits per heavy atom. The van der Waals surface area contributed by atoms with Crippen molar-refractivity contribution in [1.82, 2.24) is 5.32 Å². The third-order valence-electron chi connectivity index (χ3n) is 3.24. The third kappa shape index (κ3) is 4.08. The molecule has 0 bridgehead atoms. The van der Waals surface area contributed by atoms with E-state index in [0.717, 1.165) is 19.4 Å². The molecule has 0 aliphatic carbocycles. The molecule has 19 heavy (non-hydrogen) atoms. The molecule has 1 aromatic carbocycles. The maximum absolute atomic E-state index is 10.6. The normalized spacial score (nSPS) is 18.5. The van der Waals surface area contributed by atoms with Gasteiger partial charge in [-0.25, -0.2) is 0 Å². The summed E-state index contributed by atoms with van der Waals surface area (Å²) >= 11 is 5.81. The van der Waals surface area contributed by atoms with Crippen molar-refractivity contribution in [2.45, 2.75) is 31.7 Å². The fourth-order valence-corrected chi connectivity index (χ4v) is 2.49. The summed E-state index contributed by atoms with van der Waals surface area (Å²) in [4.78, 5) is 10.1. The molecule has 0 aromatic heterocycles. The van der Waals surface area contributed by atoms with E-state index in [-0.39, 0.29) is 10.7 Å². The van der Waals surface area contributed by atoms with Crippen molar-refractivity contribution in [1.29, 1.82) is 0 Å². The molecule has 5 nitrogen and oxygen atoms in total. The summed E-state index contributed by atoms with van der Waals surface area (Å²) in [6, 6.07) is 5.06. The van der Waals surface area contributed by atoms with Gasteiger partial charge in [-0.15, -0.1) is 0 Å². The van der Waals surface area contributed by atoms with Gasteiger partial charge in [-0.2, -0.15) is 0 Å². The van der Waals surface area contributed by atoms with Crippen molar-refractivity contribution in [3.63, 3.8) is 0 Å². The second kappa shape index (κ2) is 6.73. The van der Waals surface area contributed by atoms with Gasteiger partial charge in [0.05, 0.1) is 11.5 Å². The van der Waals surface area contributed by atoms with E-state index in [9.17, 15) is 10.1 Å². The quantitative estimate of drug-likeness (QED) is 0.495. The zero-order valence-corrected chi connectivity index (χ0v) is 11.4. The molecule has 1 aliphatic heterocycles. The van der Waals surface area contributed by atoms with Gasteiger partial charge < -0.3 is 10.1 Å². The van der Waals surface area contributed by atoms with Crippen LogP contribution in [0.5, 0.6) is 5.75 Å². The van der Waals surface area contributed by atoms with Crippen molar-refractivity contribution < 1.29 is 9.66 Å². The van der Waals surface area contributed by atoms with Crippen molar-refractivity contribution >= 4 is 17.3 Å². The van der Waals surface area contributed by atoms with Crippen molar-refractivity contribution in [2.24, 2.45) is 0 Å². The Hall–Kier alpha value is -1.33. The molecule has 104 valence electrons. The van der Waals surface area contributed by atoms with E-state index in [4.69, 9.17) is 16.3 Å². The van der Waals surface area contributed by atoms with Crippen molar-refractivity contribution in [2.75, 3.05) is 13.2 Å². The first-order valence-corrected chi connectivity index (χ1v) is 6.85. The first-order chi connectivity index (χ1) is 9.16. The predicted octanol–water partition coefficient (Wildman–Crippen LogP) is 3.16. The van der Waals surface area contributed by atoms with Gasteiger partial charge in [-0.1, -0.05) is 11.6 Å². The SMILES string of the molecule is O=[N+]([O-])c1ccc(OCCCC2CCCN2)cc1Cl. The van der Waals surface area contributed by atoms with Gasteiger partial charge in [-0.3, -0.25) is 10.1 Å². The maximum Gasteiger partial charge on any atom is 0.288 e. The number of ether oxygens (including phenoxy) is 1. The Morgan fingerprint density at radius 1 is 1.53 bits per heavy atom. The van der Waals surface area contributed by atoms with E-state index in [1.807, 2.05) is 0 Å². The van der Waals surface area contributed by atoms with E-state index >= 15 is 0 Å². The first kappa shape index (κ1) is 14.1. The highest BCUT2D eigenvalue weighted by Crippen LogP contribution is 2.28. The standard InChI is InChI=1S/C13H17ClN2O3/c14-12-9-11(5-6-13(12)16(17)18)19-8-2-4-10-3-1-7-15-10/h5-6,9-10,15H,1-4,7-8H2. The average molecular weight is 285 g/mol. The molecule has 0 amide bonds. The number of nitro groups is 1. The number of rotatable bonds is 6. The molecule has 1 heterocycles. The molecule has 1 unspecified atom stereocenters. The number of hydrogen-bond acceptors (Lipinski definition) is 4. The molecule has 1 atom stereocenters. The van der Waals surface area contributed by atoms with E-state index in [0.29, 0.717) is 18.4 Å². The number of benzene rings is 1. The lowest BCUT2D eigenvalue weighted by Crippen LogP contribution is -2.21. The lowest BCUT2D eigenvalue weighted by Gasteiger charge is -2.10. The van der Waals surface area contributed by atoms with Crippen LogP contribution in [0, 0.1) is 10.1 Å². The van der Waals surface area contributed by atoms with Crippen LogP contribution in [-0.2, 0) is 0 Å². The Kier molecular flexibility index (Phi) is 4.99. The molecular formula is C13H17ClN2O3. The summed E-state index contributed by atoms with van der Waals surface area (Å²) < 4.78 is 5.55. The second-order valence-corrected chi connectivity index (χ2v) is 5.06. The zero-order chi connectivity index (χ0) is 13.7. The van der Waals surface area contributed by atoms with E-state index in [1.165, 1.54) is 25.0 Å². The van der Waals surface area contributed by atoms with E-state index < -0.39 is 4.92 Å². The Balaban J connectivity index is 1.76. The molecule has 0 saturated carbocycles. The zero-order valence-electron chi connectivity index (χ0n) is 10.6. The van der Waals surface area contributed by atoms with Gasteiger partial charge in [0.1, 0.15) is 10.8 Å². The molecule has 1 fully saturated rings. The van der Waals surface area contributed by atoms with E-state index in [2.05, 4.69) is 5.32 Å². The lowest BCUT2D eigenvalue weighted by molar-refractivity contribution is -0.384. The van der Waals surface area contributed by atoms with Gasteiger partial charge >= 0.3 is 0 Å². The van der Waals surface area contributed by atoms with Crippen molar-refractivity contribution in [3.05, 3.63) is 33.3 Å². The molecule has 1 aliphatic rings. The van der Waals surface area contributed by atoms with Crippen LogP contribution in [0.25, 0.3) is 0 Å². The molecule has 1 saturated heterocycles. The van der Waals surface area contributed by atoms with Gasteiger partial charge in [0.15, 0.2) is 0 Å². The lowest BCUT2D eigenvalue weighted by atomic mass is 10.1. The summed E-state index contributed by atoms with van der Waals surface area (Å²) in [5, 5.41) is 14.2. The van der Waals surface area contributed by atoms with Crippen LogP contribution < -0.4 is 10.1 Å². The first-order valence-electron chi connectivity index (χ1n) is 6.47. The van der Waals surface area contributed by atoms with Crippen LogP contribution in [-0.4, -0.2) is 24.1 Å². The fraction of sp³-hybridized carbons (Fsp3) is 0.538. The number of hydrogen-bond donors (Lipinski definition) is 1. The monoisotopic (exact) mass is 284 g/mol. The van der Waals surface area contributed by atoms with Crippen LogP contribution in [0.15, 0.2) is 18.2 Å². The number of nitrogens with one attached hydrogen (secondary N) is 1. The minimum atomic E-state index is -0.502. The summed E-state index contributed by atoms with van der Waals surface area (Å²) in [5.41, 5.74) is -0.0934. The molecular weight excluding hydrogens is 268 g/mol. The highest BCUT2D eigenvalue weighted by atomic mass is 35.5. The summed E-state index contributed by atoms with van der Waals surface area (Å²) in [6.45, 7) is 1.72. The molecule has 1 N–H and O–H groups in total. The molecule has 2 rings (SSSR count). The third-order valence-corrected chi connectivity index (χ3v) is 3.55. The van der Waals surface area contributed by atoms with Gasteiger partial charge in [0, 0.05) is 18.2 Å². The number of nitrogens with zero attached hydrogens (tertiary/aromatic N) is 1. The van der Waals surface area contributed by atoms with Gasteiger partial charge in [-0.05, 0) is 38.3 Å². The van der Waals surface area contributed by atoms with Crippen LogP contribution in [0.2, 0.25) is 5.02 Å². The highest BCUT2D eigenvalue weighted by Gasteiger charge is 2.14. The molecule has 6 heteroatoms. The van der Waals surface area contributed by atoms with Crippen molar-refractivity contribution in [3.8, 4) is 5.75 Å².